The molecule has 1 fully saturated rings. The quantitative estimate of drug-likeness (QED) is 0.931. The molecule has 20 heavy (non-hydrogen) atoms. The Hall–Kier alpha value is -1.67. The first kappa shape index (κ1) is 13.3. The van der Waals surface area contributed by atoms with Crippen LogP contribution >= 0.6 is 11.3 Å². The molecule has 1 aliphatic rings. The molecule has 1 saturated heterocycles. The van der Waals surface area contributed by atoms with E-state index in [-0.39, 0.29) is 23.1 Å². The van der Waals surface area contributed by atoms with Gasteiger partial charge in [-0.25, -0.2) is 13.2 Å². The molecule has 0 spiro atoms. The van der Waals surface area contributed by atoms with Crippen LogP contribution in [0.5, 0.6) is 0 Å². The van der Waals surface area contributed by atoms with E-state index in [0.29, 0.717) is 12.1 Å². The van der Waals surface area contributed by atoms with Gasteiger partial charge in [-0.05, 0) is 17.9 Å². The number of aromatic carboxylic acids is 1. The molecule has 6 nitrogen and oxygen atoms in total. The molecule has 1 aliphatic heterocycles. The van der Waals surface area contributed by atoms with Crippen LogP contribution in [0.1, 0.15) is 22.8 Å². The molecule has 0 aliphatic carbocycles. The van der Waals surface area contributed by atoms with Crippen molar-refractivity contribution in [2.24, 2.45) is 0 Å². The number of sulfone groups is 1. The Morgan fingerprint density at radius 2 is 2.30 bits per heavy atom. The standard InChI is InChI=1S/C12H12N2O4S2/c15-12(16)10-5-14(9-2-4-20(17,18)7-9)13-11(10)8-1-3-19-6-8/h1,3,5-6,9H,2,4,7H2,(H,15,16). The Kier molecular flexibility index (Phi) is 3.14. The second-order valence-electron chi connectivity index (χ2n) is 4.75. The summed E-state index contributed by atoms with van der Waals surface area (Å²) in [5, 5.41) is 17.2. The summed E-state index contributed by atoms with van der Waals surface area (Å²) in [5.74, 6) is -0.900. The third kappa shape index (κ3) is 2.36. The summed E-state index contributed by atoms with van der Waals surface area (Å²) in [4.78, 5) is 11.3. The molecule has 0 radical (unpaired) electrons. The number of thiophene rings is 1. The van der Waals surface area contributed by atoms with Gasteiger partial charge in [0.2, 0.25) is 0 Å². The SMILES string of the molecule is O=C(O)c1cn(C2CCS(=O)(=O)C2)nc1-c1ccsc1. The lowest BCUT2D eigenvalue weighted by Gasteiger charge is -2.07. The zero-order chi connectivity index (χ0) is 14.3. The monoisotopic (exact) mass is 312 g/mol. The number of carbonyl (C=O) groups is 1. The third-order valence-corrected chi connectivity index (χ3v) is 5.77. The lowest BCUT2D eigenvalue weighted by atomic mass is 10.1. The minimum Gasteiger partial charge on any atom is -0.478 e. The van der Waals surface area contributed by atoms with Crippen molar-refractivity contribution in [2.45, 2.75) is 12.5 Å². The lowest BCUT2D eigenvalue weighted by Crippen LogP contribution is -2.11. The Bertz CT molecular complexity index is 747. The number of carboxylic acid groups (broad SMARTS) is 1. The molecule has 0 amide bonds. The maximum atomic E-state index is 11.5. The van der Waals surface area contributed by atoms with E-state index in [0.717, 1.165) is 5.56 Å². The largest absolute Gasteiger partial charge is 0.478 e. The first-order chi connectivity index (χ1) is 9.46. The van der Waals surface area contributed by atoms with E-state index < -0.39 is 15.8 Å². The molecule has 1 atom stereocenters. The van der Waals surface area contributed by atoms with Gasteiger partial charge in [0, 0.05) is 17.1 Å². The van der Waals surface area contributed by atoms with Gasteiger partial charge in [0.1, 0.15) is 11.3 Å². The van der Waals surface area contributed by atoms with Crippen molar-refractivity contribution in [1.29, 1.82) is 0 Å². The van der Waals surface area contributed by atoms with Crippen molar-refractivity contribution < 1.29 is 18.3 Å². The fourth-order valence-corrected chi connectivity index (χ4v) is 4.68. The first-order valence-corrected chi connectivity index (χ1v) is 8.78. The second kappa shape index (κ2) is 4.71. The summed E-state index contributed by atoms with van der Waals surface area (Å²) < 4.78 is 24.5. The first-order valence-electron chi connectivity index (χ1n) is 6.02. The van der Waals surface area contributed by atoms with E-state index >= 15 is 0 Å². The Morgan fingerprint density at radius 3 is 2.85 bits per heavy atom. The summed E-state index contributed by atoms with van der Waals surface area (Å²) >= 11 is 1.46. The van der Waals surface area contributed by atoms with Crippen LogP contribution in [0.25, 0.3) is 11.3 Å². The summed E-state index contributed by atoms with van der Waals surface area (Å²) in [7, 11) is -3.03. The van der Waals surface area contributed by atoms with E-state index in [1.54, 1.807) is 6.07 Å². The normalized spacial score (nSPS) is 21.1. The number of hydrogen-bond acceptors (Lipinski definition) is 5. The Morgan fingerprint density at radius 1 is 1.50 bits per heavy atom. The highest BCUT2D eigenvalue weighted by atomic mass is 32.2. The average Bonchev–Trinajstić information content (AvgIpc) is 3.04. The number of aromatic nitrogens is 2. The van der Waals surface area contributed by atoms with Crippen LogP contribution in [0.2, 0.25) is 0 Å². The minimum absolute atomic E-state index is 0.0246. The summed E-state index contributed by atoms with van der Waals surface area (Å²) in [6, 6.07) is 1.53. The highest BCUT2D eigenvalue weighted by Crippen LogP contribution is 2.29. The predicted octanol–water partition coefficient (Wildman–Crippen LogP) is 1.67. The molecule has 1 N–H and O–H groups in total. The van der Waals surface area contributed by atoms with Crippen LogP contribution in [-0.4, -0.2) is 40.8 Å². The zero-order valence-corrected chi connectivity index (χ0v) is 12.0. The summed E-state index contributed by atoms with van der Waals surface area (Å²) in [5.41, 5.74) is 1.24. The molecule has 8 heteroatoms. The van der Waals surface area contributed by atoms with E-state index in [1.807, 2.05) is 10.8 Å². The van der Waals surface area contributed by atoms with Gasteiger partial charge in [-0.15, -0.1) is 0 Å². The van der Waals surface area contributed by atoms with Crippen molar-refractivity contribution in [1.82, 2.24) is 9.78 Å². The van der Waals surface area contributed by atoms with E-state index in [9.17, 15) is 18.3 Å². The fraction of sp³-hybridized carbons (Fsp3) is 0.333. The van der Waals surface area contributed by atoms with Crippen molar-refractivity contribution in [3.05, 3.63) is 28.6 Å². The topological polar surface area (TPSA) is 89.3 Å². The molecular formula is C12H12N2O4S2. The number of nitrogens with zero attached hydrogens (tertiary/aromatic N) is 2. The molecule has 106 valence electrons. The van der Waals surface area contributed by atoms with Gasteiger partial charge >= 0.3 is 5.97 Å². The van der Waals surface area contributed by atoms with Crippen molar-refractivity contribution in [2.75, 3.05) is 11.5 Å². The summed E-state index contributed by atoms with van der Waals surface area (Å²) in [6.45, 7) is 0. The predicted molar refractivity (Wildman–Crippen MR) is 74.8 cm³/mol. The van der Waals surface area contributed by atoms with E-state index in [1.165, 1.54) is 22.2 Å². The molecule has 0 saturated carbocycles. The average molecular weight is 312 g/mol. The fourth-order valence-electron chi connectivity index (χ4n) is 2.33. The zero-order valence-electron chi connectivity index (χ0n) is 10.4. The summed E-state index contributed by atoms with van der Waals surface area (Å²) in [6.07, 6.45) is 1.91. The molecule has 1 unspecified atom stereocenters. The Balaban J connectivity index is 2.02. The van der Waals surface area contributed by atoms with E-state index in [2.05, 4.69) is 5.10 Å². The molecule has 3 heterocycles. The third-order valence-electron chi connectivity index (χ3n) is 3.34. The number of carboxylic acids is 1. The molecule has 3 rings (SSSR count). The second-order valence-corrected chi connectivity index (χ2v) is 7.75. The van der Waals surface area contributed by atoms with Gasteiger partial charge < -0.3 is 5.11 Å². The lowest BCUT2D eigenvalue weighted by molar-refractivity contribution is 0.0697. The molecular weight excluding hydrogens is 300 g/mol. The number of rotatable bonds is 3. The van der Waals surface area contributed by atoms with Gasteiger partial charge in [0.05, 0.1) is 17.5 Å². The van der Waals surface area contributed by atoms with Crippen molar-refractivity contribution in [3.63, 3.8) is 0 Å². The highest BCUT2D eigenvalue weighted by Gasteiger charge is 2.31. The Labute approximate surface area is 119 Å². The van der Waals surface area contributed by atoms with Crippen LogP contribution < -0.4 is 0 Å². The van der Waals surface area contributed by atoms with Crippen LogP contribution in [-0.2, 0) is 9.84 Å². The molecule has 0 bridgehead atoms. The van der Waals surface area contributed by atoms with Crippen molar-refractivity contribution >= 4 is 27.1 Å². The maximum Gasteiger partial charge on any atom is 0.339 e. The molecule has 0 aromatic carbocycles. The van der Waals surface area contributed by atoms with Gasteiger partial charge in [-0.3, -0.25) is 4.68 Å². The molecule has 2 aromatic rings. The minimum atomic E-state index is -3.03. The van der Waals surface area contributed by atoms with Crippen LogP contribution in [0.15, 0.2) is 23.0 Å². The van der Waals surface area contributed by atoms with Crippen molar-refractivity contribution in [3.8, 4) is 11.3 Å². The van der Waals surface area contributed by atoms with Gasteiger partial charge in [-0.1, -0.05) is 0 Å². The maximum absolute atomic E-state index is 11.5. The van der Waals surface area contributed by atoms with Gasteiger partial charge in [-0.2, -0.15) is 16.4 Å². The van der Waals surface area contributed by atoms with Crippen LogP contribution in [0.3, 0.4) is 0 Å². The van der Waals surface area contributed by atoms with Gasteiger partial charge in [0.15, 0.2) is 9.84 Å². The van der Waals surface area contributed by atoms with Crippen LogP contribution in [0.4, 0.5) is 0 Å². The van der Waals surface area contributed by atoms with Gasteiger partial charge in [0.25, 0.3) is 0 Å². The molecule has 2 aromatic heterocycles. The smallest absolute Gasteiger partial charge is 0.339 e. The van der Waals surface area contributed by atoms with E-state index in [4.69, 9.17) is 0 Å². The van der Waals surface area contributed by atoms with Crippen LogP contribution in [0, 0.1) is 0 Å². The number of hydrogen-bond donors (Lipinski definition) is 1. The highest BCUT2D eigenvalue weighted by molar-refractivity contribution is 7.91.